The molecule has 2 aromatic heterocycles. The van der Waals surface area contributed by atoms with Crippen LogP contribution in [0.5, 0.6) is 11.5 Å². The molecular weight excluding hydrogens is 460 g/mol. The fourth-order valence-electron chi connectivity index (χ4n) is 2.84. The van der Waals surface area contributed by atoms with Gasteiger partial charge in [-0.15, -0.1) is 0 Å². The Balaban J connectivity index is 0.000000211. The number of hydrogen-bond donors (Lipinski definition) is 3. The van der Waals surface area contributed by atoms with Crippen molar-refractivity contribution in [3.63, 3.8) is 0 Å². The van der Waals surface area contributed by atoms with Crippen LogP contribution >= 0.6 is 0 Å². The third-order valence-electron chi connectivity index (χ3n) is 5.81. The molecule has 0 saturated heterocycles. The van der Waals surface area contributed by atoms with Crippen molar-refractivity contribution in [1.82, 2.24) is 20.4 Å². The molecule has 0 atom stereocenters. The first-order valence-electron chi connectivity index (χ1n) is 11.1. The number of H-pyrrole nitrogens is 2. The average molecular weight is 491 g/mol. The van der Waals surface area contributed by atoms with Gasteiger partial charge in [-0.1, -0.05) is 45.0 Å². The summed E-state index contributed by atoms with van der Waals surface area (Å²) in [6.07, 6.45) is 0. The number of aromatic amines is 2. The quantitative estimate of drug-likeness (QED) is 0.348. The molecule has 4 rings (SSSR count). The zero-order chi connectivity index (χ0) is 25.6. The molecule has 0 aliphatic carbocycles. The molecule has 9 heteroatoms. The topological polar surface area (TPSA) is 121 Å². The molecule has 0 radical (unpaired) electrons. The minimum Gasteiger partial charge on any atom is -0.543 e. The van der Waals surface area contributed by atoms with E-state index < -0.39 is 8.32 Å². The van der Waals surface area contributed by atoms with E-state index in [1.54, 1.807) is 36.4 Å². The fraction of sp³-hybridized carbons (Fsp3) is 0.231. The predicted octanol–water partition coefficient (Wildman–Crippen LogP) is 4.96. The lowest BCUT2D eigenvalue weighted by molar-refractivity contribution is 0.475. The van der Waals surface area contributed by atoms with Crippen LogP contribution in [0.4, 0.5) is 0 Å². The second-order valence-electron chi connectivity index (χ2n) is 9.55. The molecule has 2 heterocycles. The molecule has 0 spiro atoms. The van der Waals surface area contributed by atoms with Crippen LogP contribution in [0, 0.1) is 0 Å². The molecule has 8 nitrogen and oxygen atoms in total. The van der Waals surface area contributed by atoms with E-state index in [-0.39, 0.29) is 21.9 Å². The van der Waals surface area contributed by atoms with Crippen LogP contribution in [0.25, 0.3) is 22.5 Å². The van der Waals surface area contributed by atoms with Crippen molar-refractivity contribution in [3.8, 4) is 34.0 Å². The molecule has 0 aliphatic rings. The number of phenolic OH excluding ortho intramolecular Hbond substituents is 1. The first-order valence-corrected chi connectivity index (χ1v) is 14.1. The highest BCUT2D eigenvalue weighted by Gasteiger charge is 2.38. The SMILES string of the molecule is CC(C)(C)[Si](C)(C)Oc1cccc(-c2ccc(=O)[nH]n2)c1.O=c1ccc(-c2cccc(O)c2)n[nH]1. The van der Waals surface area contributed by atoms with Crippen molar-refractivity contribution in [2.75, 3.05) is 0 Å². The number of nitrogens with zero attached hydrogens (tertiary/aromatic N) is 2. The molecule has 35 heavy (non-hydrogen) atoms. The van der Waals surface area contributed by atoms with Gasteiger partial charge in [-0.3, -0.25) is 9.59 Å². The smallest absolute Gasteiger partial charge is 0.264 e. The van der Waals surface area contributed by atoms with Crippen LogP contribution < -0.4 is 15.5 Å². The van der Waals surface area contributed by atoms with E-state index in [1.165, 1.54) is 12.1 Å². The zero-order valence-electron chi connectivity index (χ0n) is 20.5. The van der Waals surface area contributed by atoms with E-state index in [0.717, 1.165) is 22.6 Å². The van der Waals surface area contributed by atoms with Gasteiger partial charge in [0.1, 0.15) is 11.5 Å². The molecule has 0 fully saturated rings. The number of aromatic nitrogens is 4. The normalized spacial score (nSPS) is 11.3. The lowest BCUT2D eigenvalue weighted by Gasteiger charge is -2.36. The third-order valence-corrected chi connectivity index (χ3v) is 10.2. The number of hydrogen-bond acceptors (Lipinski definition) is 6. The van der Waals surface area contributed by atoms with Crippen LogP contribution in [0.3, 0.4) is 0 Å². The highest BCUT2D eigenvalue weighted by Crippen LogP contribution is 2.37. The number of phenols is 1. The lowest BCUT2D eigenvalue weighted by atomic mass is 10.1. The number of rotatable bonds is 4. The summed E-state index contributed by atoms with van der Waals surface area (Å²) in [5, 5.41) is 22.1. The van der Waals surface area contributed by atoms with Crippen LogP contribution in [0.1, 0.15) is 20.8 Å². The van der Waals surface area contributed by atoms with Crippen molar-refractivity contribution in [2.24, 2.45) is 0 Å². The van der Waals surface area contributed by atoms with Gasteiger partial charge in [-0.2, -0.15) is 10.2 Å². The predicted molar refractivity (Wildman–Crippen MR) is 140 cm³/mol. The molecule has 0 bridgehead atoms. The van der Waals surface area contributed by atoms with Gasteiger partial charge in [0, 0.05) is 23.3 Å². The van der Waals surface area contributed by atoms with Gasteiger partial charge in [-0.25, -0.2) is 10.2 Å². The summed E-state index contributed by atoms with van der Waals surface area (Å²) in [6.45, 7) is 11.1. The average Bonchev–Trinajstić information content (AvgIpc) is 2.80. The van der Waals surface area contributed by atoms with Crippen molar-refractivity contribution >= 4 is 8.32 Å². The maximum Gasteiger partial charge on any atom is 0.264 e. The van der Waals surface area contributed by atoms with E-state index >= 15 is 0 Å². The Kier molecular flexibility index (Phi) is 7.70. The largest absolute Gasteiger partial charge is 0.543 e. The second-order valence-corrected chi connectivity index (χ2v) is 14.3. The van der Waals surface area contributed by atoms with Gasteiger partial charge in [0.25, 0.3) is 11.1 Å². The Hall–Kier alpha value is -3.98. The summed E-state index contributed by atoms with van der Waals surface area (Å²) >= 11 is 0. The molecule has 182 valence electrons. The third kappa shape index (κ3) is 7.00. The number of benzene rings is 2. The minimum atomic E-state index is -1.86. The van der Waals surface area contributed by atoms with E-state index in [1.807, 2.05) is 24.3 Å². The monoisotopic (exact) mass is 490 g/mol. The van der Waals surface area contributed by atoms with E-state index in [4.69, 9.17) is 4.43 Å². The van der Waals surface area contributed by atoms with E-state index in [9.17, 15) is 14.7 Å². The minimum absolute atomic E-state index is 0.152. The number of nitrogens with one attached hydrogen (secondary N) is 2. The Morgan fingerprint density at radius 2 is 1.29 bits per heavy atom. The van der Waals surface area contributed by atoms with Crippen molar-refractivity contribution in [3.05, 3.63) is 93.5 Å². The maximum atomic E-state index is 11.1. The molecule has 0 amide bonds. The van der Waals surface area contributed by atoms with Crippen LogP contribution in [0.15, 0.2) is 82.4 Å². The lowest BCUT2D eigenvalue weighted by Crippen LogP contribution is -2.43. The fourth-order valence-corrected chi connectivity index (χ4v) is 3.86. The summed E-state index contributed by atoms with van der Waals surface area (Å²) in [7, 11) is -1.86. The Bertz CT molecular complexity index is 1370. The first-order chi connectivity index (χ1) is 16.4. The van der Waals surface area contributed by atoms with E-state index in [2.05, 4.69) is 54.3 Å². The molecular formula is C26H30N4O4Si. The summed E-state index contributed by atoms with van der Waals surface area (Å²) in [4.78, 5) is 21.8. The van der Waals surface area contributed by atoms with Gasteiger partial charge < -0.3 is 9.53 Å². The molecule has 0 saturated carbocycles. The van der Waals surface area contributed by atoms with Gasteiger partial charge in [0.2, 0.25) is 8.32 Å². The van der Waals surface area contributed by atoms with Gasteiger partial charge in [0.05, 0.1) is 11.4 Å². The summed E-state index contributed by atoms with van der Waals surface area (Å²) < 4.78 is 6.29. The van der Waals surface area contributed by atoms with Crippen LogP contribution in [0.2, 0.25) is 18.1 Å². The molecule has 0 aliphatic heterocycles. The first kappa shape index (κ1) is 25.6. The molecule has 3 N–H and O–H groups in total. The summed E-state index contributed by atoms with van der Waals surface area (Å²) in [5.41, 5.74) is 2.61. The second kappa shape index (κ2) is 10.5. The van der Waals surface area contributed by atoms with Gasteiger partial charge >= 0.3 is 0 Å². The van der Waals surface area contributed by atoms with E-state index in [0.29, 0.717) is 5.69 Å². The van der Waals surface area contributed by atoms with Crippen molar-refractivity contribution in [2.45, 2.75) is 38.9 Å². The molecule has 2 aromatic carbocycles. The van der Waals surface area contributed by atoms with Gasteiger partial charge in [-0.05, 0) is 54.5 Å². The Labute approximate surface area is 204 Å². The summed E-state index contributed by atoms with van der Waals surface area (Å²) in [6, 6.07) is 20.7. The highest BCUT2D eigenvalue weighted by atomic mass is 28.4. The Morgan fingerprint density at radius 3 is 1.74 bits per heavy atom. The van der Waals surface area contributed by atoms with Crippen molar-refractivity contribution < 1.29 is 9.53 Å². The number of aromatic hydroxyl groups is 1. The molecule has 4 aromatic rings. The zero-order valence-corrected chi connectivity index (χ0v) is 21.5. The highest BCUT2D eigenvalue weighted by molar-refractivity contribution is 6.74. The van der Waals surface area contributed by atoms with Crippen LogP contribution in [-0.4, -0.2) is 33.8 Å². The van der Waals surface area contributed by atoms with Crippen molar-refractivity contribution in [1.29, 1.82) is 0 Å². The van der Waals surface area contributed by atoms with Crippen LogP contribution in [-0.2, 0) is 0 Å². The summed E-state index contributed by atoms with van der Waals surface area (Å²) in [5.74, 6) is 1.03. The Morgan fingerprint density at radius 1 is 0.771 bits per heavy atom. The maximum absolute atomic E-state index is 11.1. The van der Waals surface area contributed by atoms with Gasteiger partial charge in [0.15, 0.2) is 0 Å². The molecule has 0 unspecified atom stereocenters. The standard InChI is InChI=1S/C16H22N2O2Si.C10H8N2O2/c1-16(2,3)21(4,5)20-13-8-6-7-12(11-13)14-9-10-15(19)18-17-14;13-8-3-1-2-7(6-8)9-4-5-10(14)12-11-9/h6-11H,1-5H3,(H,18,19);1-6,13H,(H,12,14).